The minimum absolute atomic E-state index is 0.0381. The van der Waals surface area contributed by atoms with Crippen LogP contribution in [0.25, 0.3) is 0 Å². The quantitative estimate of drug-likeness (QED) is 0.808. The predicted octanol–water partition coefficient (Wildman–Crippen LogP) is 4.38. The SMILES string of the molecule is CN(C)C1=NC(c2ccccc2Cl)c2ccc(CS)cc2C1. The van der Waals surface area contributed by atoms with Gasteiger partial charge in [-0.15, -0.1) is 0 Å². The second-order valence-corrected chi connectivity index (χ2v) is 6.46. The van der Waals surface area contributed by atoms with Crippen molar-refractivity contribution in [2.24, 2.45) is 4.99 Å². The summed E-state index contributed by atoms with van der Waals surface area (Å²) in [5.74, 6) is 1.83. The highest BCUT2D eigenvalue weighted by atomic mass is 35.5. The summed E-state index contributed by atoms with van der Waals surface area (Å²) < 4.78 is 0. The van der Waals surface area contributed by atoms with Crippen molar-refractivity contribution in [2.75, 3.05) is 14.1 Å². The molecule has 3 rings (SSSR count). The molecule has 1 aliphatic rings. The molecule has 2 aromatic rings. The maximum atomic E-state index is 6.41. The van der Waals surface area contributed by atoms with Crippen LogP contribution in [0.4, 0.5) is 0 Å². The zero-order valence-corrected chi connectivity index (χ0v) is 14.4. The van der Waals surface area contributed by atoms with Crippen molar-refractivity contribution in [3.63, 3.8) is 0 Å². The third-order valence-electron chi connectivity index (χ3n) is 4.03. The Morgan fingerprint density at radius 1 is 1.18 bits per heavy atom. The second kappa shape index (κ2) is 6.35. The van der Waals surface area contributed by atoms with Crippen LogP contribution in [0.1, 0.15) is 28.3 Å². The molecule has 0 saturated carbocycles. The van der Waals surface area contributed by atoms with Gasteiger partial charge in [-0.3, -0.25) is 4.99 Å². The molecular formula is C18H19ClN2S. The number of benzene rings is 2. The number of halogens is 1. The molecular weight excluding hydrogens is 312 g/mol. The van der Waals surface area contributed by atoms with E-state index in [1.807, 2.05) is 32.3 Å². The van der Waals surface area contributed by atoms with Crippen molar-refractivity contribution in [1.29, 1.82) is 0 Å². The Morgan fingerprint density at radius 2 is 1.95 bits per heavy atom. The third kappa shape index (κ3) is 2.88. The van der Waals surface area contributed by atoms with Gasteiger partial charge in [0.15, 0.2) is 0 Å². The molecule has 0 bridgehead atoms. The zero-order valence-electron chi connectivity index (χ0n) is 12.8. The first-order chi connectivity index (χ1) is 10.6. The number of fused-ring (bicyclic) bond motifs is 1. The lowest BCUT2D eigenvalue weighted by Crippen LogP contribution is -2.29. The van der Waals surface area contributed by atoms with Gasteiger partial charge in [0.2, 0.25) is 0 Å². The molecule has 1 unspecified atom stereocenters. The first kappa shape index (κ1) is 15.4. The van der Waals surface area contributed by atoms with Gasteiger partial charge in [0, 0.05) is 31.3 Å². The topological polar surface area (TPSA) is 15.6 Å². The van der Waals surface area contributed by atoms with Crippen LogP contribution in [0.15, 0.2) is 47.5 Å². The average molecular weight is 331 g/mol. The second-order valence-electron chi connectivity index (χ2n) is 5.73. The molecule has 0 fully saturated rings. The van der Waals surface area contributed by atoms with E-state index in [0.29, 0.717) is 0 Å². The summed E-state index contributed by atoms with van der Waals surface area (Å²) in [4.78, 5) is 7.03. The lowest BCUT2D eigenvalue weighted by Gasteiger charge is -2.28. The van der Waals surface area contributed by atoms with E-state index in [1.165, 1.54) is 16.7 Å². The first-order valence-electron chi connectivity index (χ1n) is 7.31. The molecule has 1 aliphatic heterocycles. The summed E-state index contributed by atoms with van der Waals surface area (Å²) in [7, 11) is 4.08. The fourth-order valence-corrected chi connectivity index (χ4v) is 3.26. The molecule has 0 aliphatic carbocycles. The molecule has 0 saturated heterocycles. The van der Waals surface area contributed by atoms with Crippen molar-refractivity contribution in [1.82, 2.24) is 4.90 Å². The molecule has 0 aromatic heterocycles. The Morgan fingerprint density at radius 3 is 2.64 bits per heavy atom. The Bertz CT molecular complexity index is 725. The van der Waals surface area contributed by atoms with Gasteiger partial charge in [-0.05, 0) is 28.3 Å². The number of aliphatic imine (C=N–C) groups is 1. The lowest BCUT2D eigenvalue weighted by atomic mass is 9.89. The van der Waals surface area contributed by atoms with Crippen LogP contribution < -0.4 is 0 Å². The van der Waals surface area contributed by atoms with Crippen molar-refractivity contribution >= 4 is 30.1 Å². The first-order valence-corrected chi connectivity index (χ1v) is 8.32. The standard InChI is InChI=1S/C18H19ClN2S/c1-21(2)17-10-13-9-12(11-22)7-8-14(13)18(20-17)15-5-3-4-6-16(15)19/h3-9,18,22H,10-11H2,1-2H3. The lowest BCUT2D eigenvalue weighted by molar-refractivity contribution is 0.592. The van der Waals surface area contributed by atoms with Crippen molar-refractivity contribution in [3.05, 3.63) is 69.7 Å². The zero-order chi connectivity index (χ0) is 15.7. The Hall–Kier alpha value is -1.45. The number of thiol groups is 1. The van der Waals surface area contributed by atoms with Gasteiger partial charge in [0.1, 0.15) is 11.9 Å². The van der Waals surface area contributed by atoms with Gasteiger partial charge in [0.05, 0.1) is 0 Å². The van der Waals surface area contributed by atoms with Crippen LogP contribution >= 0.6 is 24.2 Å². The van der Waals surface area contributed by atoms with E-state index in [1.54, 1.807) is 0 Å². The highest BCUT2D eigenvalue weighted by Gasteiger charge is 2.25. The summed E-state index contributed by atoms with van der Waals surface area (Å²) >= 11 is 10.8. The number of amidine groups is 1. The summed E-state index contributed by atoms with van der Waals surface area (Å²) in [5, 5.41) is 0.764. The molecule has 0 amide bonds. The predicted molar refractivity (Wildman–Crippen MR) is 97.3 cm³/mol. The maximum Gasteiger partial charge on any atom is 0.104 e. The van der Waals surface area contributed by atoms with Crippen LogP contribution in [0, 0.1) is 0 Å². The largest absolute Gasteiger partial charge is 0.366 e. The van der Waals surface area contributed by atoms with E-state index in [4.69, 9.17) is 16.6 Å². The van der Waals surface area contributed by atoms with Gasteiger partial charge in [0.25, 0.3) is 0 Å². The normalized spacial score (nSPS) is 16.9. The Labute approximate surface area is 142 Å². The highest BCUT2D eigenvalue weighted by Crippen LogP contribution is 2.37. The molecule has 1 heterocycles. The number of rotatable bonds is 2. The van der Waals surface area contributed by atoms with Crippen molar-refractivity contribution in [2.45, 2.75) is 18.2 Å². The summed E-state index contributed by atoms with van der Waals surface area (Å²) in [6, 6.07) is 14.5. The van der Waals surface area contributed by atoms with Gasteiger partial charge in [-0.1, -0.05) is 48.0 Å². The van der Waals surface area contributed by atoms with Crippen LogP contribution in [0.2, 0.25) is 5.02 Å². The van der Waals surface area contributed by atoms with Gasteiger partial charge < -0.3 is 4.90 Å². The number of hydrogen-bond acceptors (Lipinski definition) is 3. The van der Waals surface area contributed by atoms with Crippen molar-refractivity contribution < 1.29 is 0 Å². The monoisotopic (exact) mass is 330 g/mol. The fourth-order valence-electron chi connectivity index (χ4n) is 2.82. The highest BCUT2D eigenvalue weighted by molar-refractivity contribution is 7.79. The van der Waals surface area contributed by atoms with Gasteiger partial charge in [-0.25, -0.2) is 0 Å². The van der Waals surface area contributed by atoms with Gasteiger partial charge >= 0.3 is 0 Å². The van der Waals surface area contributed by atoms with E-state index in [2.05, 4.69) is 41.8 Å². The molecule has 0 radical (unpaired) electrons. The van der Waals surface area contributed by atoms with Gasteiger partial charge in [-0.2, -0.15) is 12.6 Å². The average Bonchev–Trinajstić information content (AvgIpc) is 2.53. The smallest absolute Gasteiger partial charge is 0.104 e. The summed E-state index contributed by atoms with van der Waals surface area (Å²) in [6.07, 6.45) is 0.852. The van der Waals surface area contributed by atoms with E-state index in [0.717, 1.165) is 28.6 Å². The van der Waals surface area contributed by atoms with E-state index >= 15 is 0 Å². The number of likely N-dealkylation sites (N-methyl/N-ethyl adjacent to an activating group) is 1. The van der Waals surface area contributed by atoms with Crippen LogP contribution in [-0.4, -0.2) is 24.8 Å². The molecule has 22 heavy (non-hydrogen) atoms. The molecule has 2 nitrogen and oxygen atoms in total. The van der Waals surface area contributed by atoms with Crippen LogP contribution in [-0.2, 0) is 12.2 Å². The Balaban J connectivity index is 2.14. The number of hydrogen-bond donors (Lipinski definition) is 1. The summed E-state index contributed by atoms with van der Waals surface area (Å²) in [5.41, 5.74) is 4.85. The minimum atomic E-state index is -0.0381. The molecule has 114 valence electrons. The molecule has 0 N–H and O–H groups in total. The van der Waals surface area contributed by atoms with E-state index in [-0.39, 0.29) is 6.04 Å². The van der Waals surface area contributed by atoms with Crippen LogP contribution in [0.5, 0.6) is 0 Å². The fraction of sp³-hybridized carbons (Fsp3) is 0.278. The van der Waals surface area contributed by atoms with Crippen molar-refractivity contribution in [3.8, 4) is 0 Å². The molecule has 1 atom stereocenters. The maximum absolute atomic E-state index is 6.41. The number of nitrogens with zero attached hydrogens (tertiary/aromatic N) is 2. The molecule has 2 aromatic carbocycles. The van der Waals surface area contributed by atoms with E-state index in [9.17, 15) is 0 Å². The third-order valence-corrected chi connectivity index (χ3v) is 4.74. The van der Waals surface area contributed by atoms with E-state index < -0.39 is 0 Å². The minimum Gasteiger partial charge on any atom is -0.366 e. The Kier molecular flexibility index (Phi) is 4.46. The molecule has 4 heteroatoms. The molecule has 0 spiro atoms. The van der Waals surface area contributed by atoms with Crippen LogP contribution in [0.3, 0.4) is 0 Å². The summed E-state index contributed by atoms with van der Waals surface area (Å²) in [6.45, 7) is 0.